The van der Waals surface area contributed by atoms with Crippen LogP contribution in [0, 0.1) is 10.1 Å². The Morgan fingerprint density at radius 3 is 2.39 bits per heavy atom. The lowest BCUT2D eigenvalue weighted by atomic mass is 10.2. The molecule has 0 saturated heterocycles. The lowest BCUT2D eigenvalue weighted by Gasteiger charge is -2.11. The zero-order chi connectivity index (χ0) is 16.9. The van der Waals surface area contributed by atoms with Crippen molar-refractivity contribution in [2.45, 2.75) is 13.2 Å². The summed E-state index contributed by atoms with van der Waals surface area (Å²) in [7, 11) is -3.66. The molecule has 0 unspecified atom stereocenters. The minimum atomic E-state index is -3.66. The first-order valence-corrected chi connectivity index (χ1v) is 8.45. The molecule has 0 atom stereocenters. The smallest absolute Gasteiger partial charge is 0.270 e. The molecule has 0 aliphatic heterocycles. The summed E-state index contributed by atoms with van der Waals surface area (Å²) in [5.41, 5.74) is 1.05. The second kappa shape index (κ2) is 7.21. The molecule has 0 aliphatic carbocycles. The van der Waals surface area contributed by atoms with Crippen molar-refractivity contribution in [3.63, 3.8) is 0 Å². The molecule has 0 N–H and O–H groups in total. The van der Waals surface area contributed by atoms with E-state index in [0.29, 0.717) is 11.3 Å². The maximum atomic E-state index is 11.1. The number of ether oxygens (including phenoxy) is 1. The summed E-state index contributed by atoms with van der Waals surface area (Å²) < 4.78 is 32.6. The van der Waals surface area contributed by atoms with Gasteiger partial charge in [-0.25, -0.2) is 0 Å². The molecule has 0 spiro atoms. The van der Waals surface area contributed by atoms with Crippen LogP contribution in [0.5, 0.6) is 5.75 Å². The fraction of sp³-hybridized carbons (Fsp3) is 0.200. The molecule has 0 radical (unpaired) electrons. The van der Waals surface area contributed by atoms with Crippen LogP contribution in [0.15, 0.2) is 48.5 Å². The number of rotatable bonds is 7. The van der Waals surface area contributed by atoms with E-state index in [4.69, 9.17) is 8.92 Å². The van der Waals surface area contributed by atoms with Crippen molar-refractivity contribution >= 4 is 15.8 Å². The van der Waals surface area contributed by atoms with E-state index in [-0.39, 0.29) is 18.9 Å². The first kappa shape index (κ1) is 16.9. The molecule has 0 amide bonds. The fourth-order valence-electron chi connectivity index (χ4n) is 1.84. The van der Waals surface area contributed by atoms with E-state index in [1.54, 1.807) is 0 Å². The Morgan fingerprint density at radius 1 is 1.09 bits per heavy atom. The number of hydrogen-bond donors (Lipinski definition) is 0. The molecule has 23 heavy (non-hydrogen) atoms. The molecule has 0 saturated carbocycles. The van der Waals surface area contributed by atoms with E-state index < -0.39 is 15.0 Å². The highest BCUT2D eigenvalue weighted by molar-refractivity contribution is 7.85. The summed E-state index contributed by atoms with van der Waals surface area (Å²) in [6, 6.07) is 13.3. The molecule has 0 aromatic heterocycles. The third-order valence-electron chi connectivity index (χ3n) is 2.92. The second-order valence-corrected chi connectivity index (χ2v) is 6.43. The maximum Gasteiger partial charge on any atom is 0.270 e. The van der Waals surface area contributed by atoms with Gasteiger partial charge in [-0.15, -0.1) is 0 Å². The number of nitro groups is 1. The lowest BCUT2D eigenvalue weighted by Crippen LogP contribution is -2.05. The van der Waals surface area contributed by atoms with Gasteiger partial charge in [0.25, 0.3) is 15.8 Å². The van der Waals surface area contributed by atoms with Crippen LogP contribution in [0.3, 0.4) is 0 Å². The van der Waals surface area contributed by atoms with Gasteiger partial charge in [0.05, 0.1) is 17.8 Å². The van der Waals surface area contributed by atoms with Crippen molar-refractivity contribution in [3.8, 4) is 5.75 Å². The largest absolute Gasteiger partial charge is 0.489 e. The standard InChI is InChI=1S/C15H15NO6S/c1-23(19,20)22-11-13-9-14(16(17)18)7-8-15(13)21-10-12-5-3-2-4-6-12/h2-9H,10-11H2,1H3. The number of nitro benzene ring substituents is 1. The van der Waals surface area contributed by atoms with E-state index in [2.05, 4.69) is 0 Å². The molecule has 0 bridgehead atoms. The predicted octanol–water partition coefficient (Wildman–Crippen LogP) is 2.65. The Labute approximate surface area is 133 Å². The average molecular weight is 337 g/mol. The van der Waals surface area contributed by atoms with Gasteiger partial charge in [0.15, 0.2) is 0 Å². The Bertz CT molecular complexity index is 789. The van der Waals surface area contributed by atoms with E-state index >= 15 is 0 Å². The molecule has 2 aromatic rings. The molecule has 0 fully saturated rings. The second-order valence-electron chi connectivity index (χ2n) is 4.79. The summed E-state index contributed by atoms with van der Waals surface area (Å²) in [4.78, 5) is 10.3. The number of hydrogen-bond acceptors (Lipinski definition) is 6. The third kappa shape index (κ3) is 5.35. The molecule has 2 rings (SSSR count). The van der Waals surface area contributed by atoms with Gasteiger partial charge in [0.2, 0.25) is 0 Å². The van der Waals surface area contributed by atoms with Crippen molar-refractivity contribution in [1.29, 1.82) is 0 Å². The summed E-state index contributed by atoms with van der Waals surface area (Å²) in [6.45, 7) is -0.0742. The van der Waals surface area contributed by atoms with Crippen molar-refractivity contribution in [2.75, 3.05) is 6.26 Å². The van der Waals surface area contributed by atoms with E-state index in [1.807, 2.05) is 30.3 Å². The number of non-ortho nitro benzene ring substituents is 1. The number of benzene rings is 2. The summed E-state index contributed by atoms with van der Waals surface area (Å²) in [6.07, 6.45) is 0.912. The molecule has 0 aliphatic rings. The molecule has 122 valence electrons. The Kier molecular flexibility index (Phi) is 5.30. The highest BCUT2D eigenvalue weighted by Crippen LogP contribution is 2.26. The first-order chi connectivity index (χ1) is 10.8. The van der Waals surface area contributed by atoms with E-state index in [0.717, 1.165) is 11.8 Å². The Morgan fingerprint density at radius 2 is 1.78 bits per heavy atom. The highest BCUT2D eigenvalue weighted by atomic mass is 32.2. The van der Waals surface area contributed by atoms with Crippen molar-refractivity contribution in [2.24, 2.45) is 0 Å². The van der Waals surface area contributed by atoms with Crippen LogP contribution in [0.25, 0.3) is 0 Å². The van der Waals surface area contributed by atoms with Gasteiger partial charge < -0.3 is 4.74 Å². The molecule has 0 heterocycles. The average Bonchev–Trinajstić information content (AvgIpc) is 2.51. The highest BCUT2D eigenvalue weighted by Gasteiger charge is 2.14. The van der Waals surface area contributed by atoms with E-state index in [1.165, 1.54) is 18.2 Å². The zero-order valence-electron chi connectivity index (χ0n) is 12.3. The predicted molar refractivity (Wildman–Crippen MR) is 83.5 cm³/mol. The maximum absolute atomic E-state index is 11.1. The van der Waals surface area contributed by atoms with Crippen LogP contribution in [-0.2, 0) is 27.5 Å². The van der Waals surface area contributed by atoms with Gasteiger partial charge in [-0.2, -0.15) is 8.42 Å². The Hall–Kier alpha value is -2.45. The lowest BCUT2D eigenvalue weighted by molar-refractivity contribution is -0.385. The van der Waals surface area contributed by atoms with Gasteiger partial charge in [-0.1, -0.05) is 30.3 Å². The normalized spacial score (nSPS) is 11.2. The quantitative estimate of drug-likeness (QED) is 0.438. The van der Waals surface area contributed by atoms with E-state index in [9.17, 15) is 18.5 Å². The van der Waals surface area contributed by atoms with Crippen molar-refractivity contribution < 1.29 is 22.3 Å². The minimum absolute atomic E-state index is 0.163. The van der Waals surface area contributed by atoms with Crippen molar-refractivity contribution in [1.82, 2.24) is 0 Å². The zero-order valence-corrected chi connectivity index (χ0v) is 13.2. The summed E-state index contributed by atoms with van der Waals surface area (Å²) >= 11 is 0. The molecule has 7 nitrogen and oxygen atoms in total. The van der Waals surface area contributed by atoms with Crippen LogP contribution >= 0.6 is 0 Å². The molecular formula is C15H15NO6S. The number of nitrogens with zero attached hydrogens (tertiary/aromatic N) is 1. The van der Waals surface area contributed by atoms with Crippen molar-refractivity contribution in [3.05, 3.63) is 69.8 Å². The van der Waals surface area contributed by atoms with Gasteiger partial charge in [0, 0.05) is 17.7 Å². The van der Waals surface area contributed by atoms with Gasteiger partial charge in [-0.05, 0) is 11.6 Å². The molecular weight excluding hydrogens is 322 g/mol. The Balaban J connectivity index is 2.20. The fourth-order valence-corrected chi connectivity index (χ4v) is 2.18. The topological polar surface area (TPSA) is 95.7 Å². The van der Waals surface area contributed by atoms with Gasteiger partial charge >= 0.3 is 0 Å². The SMILES string of the molecule is CS(=O)(=O)OCc1cc([N+](=O)[O-])ccc1OCc1ccccc1. The minimum Gasteiger partial charge on any atom is -0.489 e. The molecule has 2 aromatic carbocycles. The first-order valence-electron chi connectivity index (χ1n) is 6.63. The van der Waals surface area contributed by atoms with Crippen LogP contribution in [0.1, 0.15) is 11.1 Å². The third-order valence-corrected chi connectivity index (χ3v) is 3.47. The van der Waals surface area contributed by atoms with Gasteiger partial charge in [0.1, 0.15) is 12.4 Å². The van der Waals surface area contributed by atoms with Gasteiger partial charge in [-0.3, -0.25) is 14.3 Å². The van der Waals surface area contributed by atoms with Crippen LogP contribution in [0.4, 0.5) is 5.69 Å². The van der Waals surface area contributed by atoms with Crippen LogP contribution in [-0.4, -0.2) is 19.6 Å². The molecule has 8 heteroatoms. The van der Waals surface area contributed by atoms with Crippen LogP contribution < -0.4 is 4.74 Å². The monoisotopic (exact) mass is 337 g/mol. The summed E-state index contributed by atoms with van der Waals surface area (Å²) in [5.74, 6) is 0.336. The van der Waals surface area contributed by atoms with Crippen LogP contribution in [0.2, 0.25) is 0 Å². The summed E-state index contributed by atoms with van der Waals surface area (Å²) in [5, 5.41) is 10.9.